The van der Waals surface area contributed by atoms with Gasteiger partial charge in [-0.1, -0.05) is 29.3 Å². The molecule has 14 heteroatoms. The number of hydrogen-bond acceptors (Lipinski definition) is 4. The molecule has 0 atom stereocenters. The van der Waals surface area contributed by atoms with Crippen LogP contribution in [0.4, 0.5) is 29.1 Å². The second kappa shape index (κ2) is 11.8. The van der Waals surface area contributed by atoms with Crippen molar-refractivity contribution in [3.8, 4) is 17.2 Å². The Balaban J connectivity index is 1.83. The van der Waals surface area contributed by atoms with Gasteiger partial charge in [-0.3, -0.25) is 4.79 Å². The van der Waals surface area contributed by atoms with Crippen molar-refractivity contribution >= 4 is 46.6 Å². The number of alkyl halides is 3. The first kappa shape index (κ1) is 28.7. The fraction of sp³-hybridized carbons (Fsp3) is 0.115. The van der Waals surface area contributed by atoms with Crippen LogP contribution in [-0.2, 0) is 6.18 Å². The summed E-state index contributed by atoms with van der Waals surface area (Å²) >= 11 is 11.9. The van der Waals surface area contributed by atoms with Gasteiger partial charge in [-0.05, 0) is 36.4 Å². The Hall–Kier alpha value is -4.29. The van der Waals surface area contributed by atoms with Gasteiger partial charge in [0.1, 0.15) is 23.1 Å². The topological polar surface area (TPSA) is 89.8 Å². The van der Waals surface area contributed by atoms with E-state index in [-0.39, 0.29) is 50.3 Å². The van der Waals surface area contributed by atoms with Crippen LogP contribution in [0.1, 0.15) is 16.1 Å². The summed E-state index contributed by atoms with van der Waals surface area (Å²) in [5.41, 5.74) is -0.970. The number of halogens is 6. The summed E-state index contributed by atoms with van der Waals surface area (Å²) in [4.78, 5) is 16.9. The Morgan fingerprint density at radius 3 is 2.23 bits per heavy atom. The highest BCUT2D eigenvalue weighted by atomic mass is 35.5. The summed E-state index contributed by atoms with van der Waals surface area (Å²) in [5, 5.41) is 9.32. The maximum atomic E-state index is 14.0. The molecule has 1 amide bonds. The molecular weight excluding hydrogens is 577 g/mol. The number of carbonyl (C=O) groups is 1. The third-order valence-corrected chi connectivity index (χ3v) is 5.69. The minimum absolute atomic E-state index is 0.0240. The number of nitrogens with zero attached hydrogens (tertiary/aromatic N) is 3. The first-order valence-corrected chi connectivity index (χ1v) is 12.0. The highest BCUT2D eigenvalue weighted by Gasteiger charge is 2.35. The fourth-order valence-corrected chi connectivity index (χ4v) is 3.89. The quantitative estimate of drug-likeness (QED) is 0.141. The van der Waals surface area contributed by atoms with Gasteiger partial charge in [0.05, 0.1) is 19.9 Å². The molecule has 1 heterocycles. The normalized spacial score (nSPS) is 11.8. The van der Waals surface area contributed by atoms with Crippen LogP contribution >= 0.6 is 23.2 Å². The van der Waals surface area contributed by atoms with Crippen molar-refractivity contribution in [2.75, 3.05) is 24.9 Å². The maximum Gasteiger partial charge on any atom is 0.435 e. The zero-order valence-corrected chi connectivity index (χ0v) is 22.2. The number of amides is 1. The number of guanidine groups is 1. The molecule has 0 unspecified atom stereocenters. The largest absolute Gasteiger partial charge is 0.497 e. The van der Waals surface area contributed by atoms with Gasteiger partial charge in [-0.25, -0.2) is 9.07 Å². The molecule has 0 fully saturated rings. The Morgan fingerprint density at radius 1 is 0.925 bits per heavy atom. The van der Waals surface area contributed by atoms with E-state index in [4.69, 9.17) is 32.7 Å². The molecule has 4 aromatic rings. The minimum Gasteiger partial charge on any atom is -0.497 e. The van der Waals surface area contributed by atoms with Gasteiger partial charge >= 0.3 is 6.18 Å². The molecule has 1 aromatic heterocycles. The summed E-state index contributed by atoms with van der Waals surface area (Å²) in [6, 6.07) is 14.4. The maximum absolute atomic E-state index is 14.0. The number of carbonyl (C=O) groups excluding carboxylic acids is 1. The molecule has 0 aliphatic rings. The average molecular weight is 596 g/mol. The minimum atomic E-state index is -4.82. The summed E-state index contributed by atoms with van der Waals surface area (Å²) in [5.74, 6) is -1.57. The SMILES string of the molecule is COc1cc(OC)cc(-n2nc(C(F)(F)F)cc2N/C(=N/C(=O)c2cccc(Cl)c2)Nc2cc(F)cc(Cl)c2)c1. The molecule has 0 bridgehead atoms. The van der Waals surface area contributed by atoms with Crippen molar-refractivity contribution in [1.82, 2.24) is 9.78 Å². The average Bonchev–Trinajstić information content (AvgIpc) is 3.32. The monoisotopic (exact) mass is 595 g/mol. The van der Waals surface area contributed by atoms with Gasteiger partial charge < -0.3 is 20.1 Å². The van der Waals surface area contributed by atoms with Crippen LogP contribution in [0, 0.1) is 5.82 Å². The summed E-state index contributed by atoms with van der Waals surface area (Å²) in [7, 11) is 2.75. The van der Waals surface area contributed by atoms with Crippen molar-refractivity contribution in [3.63, 3.8) is 0 Å². The third-order valence-electron chi connectivity index (χ3n) is 5.24. The van der Waals surface area contributed by atoms with Gasteiger partial charge in [-0.15, -0.1) is 0 Å². The van der Waals surface area contributed by atoms with Crippen LogP contribution in [0.25, 0.3) is 5.69 Å². The number of benzene rings is 3. The highest BCUT2D eigenvalue weighted by molar-refractivity contribution is 6.31. The number of methoxy groups -OCH3 is 2. The van der Waals surface area contributed by atoms with Crippen LogP contribution < -0.4 is 20.1 Å². The Morgan fingerprint density at radius 2 is 1.62 bits per heavy atom. The van der Waals surface area contributed by atoms with Crippen LogP contribution in [0.15, 0.2) is 71.7 Å². The zero-order valence-electron chi connectivity index (χ0n) is 20.7. The van der Waals surface area contributed by atoms with Crippen molar-refractivity contribution in [1.29, 1.82) is 0 Å². The van der Waals surface area contributed by atoms with Crippen molar-refractivity contribution in [2.45, 2.75) is 6.18 Å². The Bertz CT molecular complexity index is 1550. The standard InChI is InChI=1S/C26H19Cl2F4N5O3/c1-39-20-10-19(11-21(12-20)40-2)37-23(13-22(36-37)26(30,31)32)34-25(33-18-8-16(28)7-17(29)9-18)35-24(38)14-4-3-5-15(27)6-14/h3-13H,1-2H3,(H2,33,34,35,38). The smallest absolute Gasteiger partial charge is 0.435 e. The van der Waals surface area contributed by atoms with E-state index in [2.05, 4.69) is 20.7 Å². The second-order valence-corrected chi connectivity index (χ2v) is 8.95. The lowest BCUT2D eigenvalue weighted by molar-refractivity contribution is -0.141. The molecule has 0 saturated carbocycles. The van der Waals surface area contributed by atoms with E-state index >= 15 is 0 Å². The van der Waals surface area contributed by atoms with Crippen molar-refractivity contribution < 1.29 is 31.8 Å². The van der Waals surface area contributed by atoms with E-state index in [0.29, 0.717) is 6.07 Å². The van der Waals surface area contributed by atoms with Crippen LogP contribution in [0.5, 0.6) is 11.5 Å². The van der Waals surface area contributed by atoms with Crippen LogP contribution in [-0.4, -0.2) is 35.9 Å². The molecule has 40 heavy (non-hydrogen) atoms. The van der Waals surface area contributed by atoms with Gasteiger partial charge in [0, 0.05) is 45.6 Å². The Labute approximate surface area is 235 Å². The first-order chi connectivity index (χ1) is 18.9. The molecule has 8 nitrogen and oxygen atoms in total. The molecule has 0 aliphatic heterocycles. The van der Waals surface area contributed by atoms with Gasteiger partial charge in [-0.2, -0.15) is 23.3 Å². The zero-order chi connectivity index (χ0) is 29.0. The lowest BCUT2D eigenvalue weighted by Gasteiger charge is -2.15. The van der Waals surface area contributed by atoms with Gasteiger partial charge in [0.15, 0.2) is 5.69 Å². The molecule has 0 spiro atoms. The summed E-state index contributed by atoms with van der Waals surface area (Å²) < 4.78 is 66.5. The molecule has 0 radical (unpaired) electrons. The fourth-order valence-electron chi connectivity index (χ4n) is 3.48. The molecule has 0 aliphatic carbocycles. The lowest BCUT2D eigenvalue weighted by Crippen LogP contribution is -2.25. The second-order valence-electron chi connectivity index (χ2n) is 8.08. The number of aromatic nitrogens is 2. The molecule has 4 rings (SSSR count). The predicted molar refractivity (Wildman–Crippen MR) is 144 cm³/mol. The summed E-state index contributed by atoms with van der Waals surface area (Å²) in [6.07, 6.45) is -4.82. The molecular formula is C26H19Cl2F4N5O3. The van der Waals surface area contributed by atoms with Gasteiger partial charge in [0.2, 0.25) is 5.96 Å². The van der Waals surface area contributed by atoms with Crippen molar-refractivity contribution in [3.05, 3.63) is 93.8 Å². The van der Waals surface area contributed by atoms with E-state index in [1.165, 1.54) is 56.7 Å². The Kier molecular flexibility index (Phi) is 8.50. The first-order valence-electron chi connectivity index (χ1n) is 11.2. The van der Waals surface area contributed by atoms with Crippen LogP contribution in [0.3, 0.4) is 0 Å². The number of nitrogens with one attached hydrogen (secondary N) is 2. The van der Waals surface area contributed by atoms with E-state index in [1.54, 1.807) is 6.07 Å². The van der Waals surface area contributed by atoms with E-state index in [0.717, 1.165) is 16.8 Å². The number of aliphatic imine (C=N–C) groups is 1. The van der Waals surface area contributed by atoms with Gasteiger partial charge in [0.25, 0.3) is 5.91 Å². The molecule has 2 N–H and O–H groups in total. The van der Waals surface area contributed by atoms with Crippen LogP contribution in [0.2, 0.25) is 10.0 Å². The number of ether oxygens (including phenoxy) is 2. The number of anilines is 2. The molecule has 0 saturated heterocycles. The third kappa shape index (κ3) is 7.01. The van der Waals surface area contributed by atoms with E-state index in [1.807, 2.05) is 0 Å². The number of hydrogen-bond donors (Lipinski definition) is 2. The highest BCUT2D eigenvalue weighted by Crippen LogP contribution is 2.33. The van der Waals surface area contributed by atoms with E-state index in [9.17, 15) is 22.4 Å². The molecule has 208 valence electrons. The van der Waals surface area contributed by atoms with E-state index < -0.39 is 23.6 Å². The predicted octanol–water partition coefficient (Wildman–Crippen LogP) is 7.07. The lowest BCUT2D eigenvalue weighted by atomic mass is 10.2. The van der Waals surface area contributed by atoms with Crippen molar-refractivity contribution in [2.24, 2.45) is 4.99 Å². The summed E-state index contributed by atoms with van der Waals surface area (Å²) in [6.45, 7) is 0. The number of rotatable bonds is 6. The molecule has 3 aromatic carbocycles.